The minimum atomic E-state index is -0.280. The third kappa shape index (κ3) is 4.28. The topological polar surface area (TPSA) is 42.0 Å². The minimum absolute atomic E-state index is 0.0633. The van der Waals surface area contributed by atoms with Crippen LogP contribution in [0.15, 0.2) is 34.2 Å². The fourth-order valence-corrected chi connectivity index (χ4v) is 3.43. The molecule has 2 aromatic rings. The van der Waals surface area contributed by atoms with Gasteiger partial charge < -0.3 is 5.32 Å². The number of carbonyl (C=O) groups is 1. The smallest absolute Gasteiger partial charge is 0.234 e. The number of halogens is 2. The number of thiazole rings is 1. The molecule has 1 heterocycles. The van der Waals surface area contributed by atoms with Gasteiger partial charge in [-0.3, -0.25) is 4.79 Å². The number of aromatic nitrogens is 1. The molecule has 0 aliphatic carbocycles. The van der Waals surface area contributed by atoms with Crippen LogP contribution in [0.5, 0.6) is 0 Å². The number of nitrogens with one attached hydrogen (secondary N) is 1. The summed E-state index contributed by atoms with van der Waals surface area (Å²) in [6.45, 7) is 6.14. The van der Waals surface area contributed by atoms with Crippen molar-refractivity contribution in [2.24, 2.45) is 5.41 Å². The van der Waals surface area contributed by atoms with E-state index in [2.05, 4.69) is 26.2 Å². The van der Waals surface area contributed by atoms with E-state index in [1.807, 2.05) is 45.0 Å². The highest BCUT2D eigenvalue weighted by Crippen LogP contribution is 2.37. The largest absolute Gasteiger partial charge is 0.301 e. The summed E-state index contributed by atoms with van der Waals surface area (Å²) in [5, 5.41) is 4.14. The van der Waals surface area contributed by atoms with Gasteiger partial charge in [-0.05, 0) is 39.0 Å². The summed E-state index contributed by atoms with van der Waals surface area (Å²) in [5.41, 5.74) is 0.729. The second-order valence-corrected chi connectivity index (χ2v) is 8.66. The van der Waals surface area contributed by atoms with Crippen LogP contribution in [0.4, 0.5) is 5.13 Å². The third-order valence-corrected chi connectivity index (χ3v) is 4.68. The SMILES string of the molecule is CC(C)(C)[C@H](C(=O)Nc1ncc(Br)s1)c1ccc(Cl)cc1. The first-order chi connectivity index (χ1) is 9.77. The molecule has 0 radical (unpaired) electrons. The van der Waals surface area contributed by atoms with Gasteiger partial charge in [0.15, 0.2) is 5.13 Å². The molecule has 0 unspecified atom stereocenters. The molecule has 2 rings (SSSR count). The molecule has 0 saturated carbocycles. The molecule has 112 valence electrons. The Morgan fingerprint density at radius 3 is 2.43 bits per heavy atom. The first-order valence-corrected chi connectivity index (χ1v) is 8.44. The van der Waals surface area contributed by atoms with Crippen molar-refractivity contribution in [2.75, 3.05) is 5.32 Å². The molecule has 1 N–H and O–H groups in total. The molecule has 0 saturated heterocycles. The van der Waals surface area contributed by atoms with E-state index in [0.717, 1.165) is 9.35 Å². The Bertz CT molecular complexity index is 634. The summed E-state index contributed by atoms with van der Waals surface area (Å²) in [4.78, 5) is 16.8. The first kappa shape index (κ1) is 16.5. The molecule has 1 aromatic carbocycles. The Labute approximate surface area is 141 Å². The van der Waals surface area contributed by atoms with E-state index in [1.54, 1.807) is 6.20 Å². The van der Waals surface area contributed by atoms with Gasteiger partial charge in [-0.1, -0.05) is 55.8 Å². The van der Waals surface area contributed by atoms with Crippen molar-refractivity contribution in [1.82, 2.24) is 4.98 Å². The van der Waals surface area contributed by atoms with Gasteiger partial charge >= 0.3 is 0 Å². The molecule has 0 spiro atoms. The first-order valence-electron chi connectivity index (χ1n) is 6.45. The number of nitrogens with zero attached hydrogens (tertiary/aromatic N) is 1. The standard InChI is InChI=1S/C15H16BrClN2OS/c1-15(2,3)12(9-4-6-10(17)7-5-9)13(20)19-14-18-8-11(16)21-14/h4-8,12H,1-3H3,(H,18,19,20)/t12-/m0/s1. The molecule has 0 aliphatic rings. The lowest BCUT2D eigenvalue weighted by atomic mass is 9.76. The van der Waals surface area contributed by atoms with Crippen LogP contribution in [0, 0.1) is 5.41 Å². The Balaban J connectivity index is 2.28. The van der Waals surface area contributed by atoms with Crippen LogP contribution in [0.25, 0.3) is 0 Å². The van der Waals surface area contributed by atoms with Crippen LogP contribution < -0.4 is 5.32 Å². The monoisotopic (exact) mass is 386 g/mol. The van der Waals surface area contributed by atoms with Crippen molar-refractivity contribution < 1.29 is 4.79 Å². The molecule has 1 atom stereocenters. The zero-order chi connectivity index (χ0) is 15.6. The van der Waals surface area contributed by atoms with Crippen molar-refractivity contribution in [2.45, 2.75) is 26.7 Å². The highest BCUT2D eigenvalue weighted by Gasteiger charge is 2.33. The van der Waals surface area contributed by atoms with Crippen LogP contribution in [0.1, 0.15) is 32.3 Å². The number of rotatable bonds is 3. The summed E-state index contributed by atoms with van der Waals surface area (Å²) in [6, 6.07) is 7.41. The zero-order valence-electron chi connectivity index (χ0n) is 12.0. The average molecular weight is 388 g/mol. The van der Waals surface area contributed by atoms with Crippen molar-refractivity contribution in [3.05, 3.63) is 44.8 Å². The quantitative estimate of drug-likeness (QED) is 0.773. The van der Waals surface area contributed by atoms with Crippen LogP contribution in [-0.2, 0) is 4.79 Å². The van der Waals surface area contributed by atoms with E-state index in [9.17, 15) is 4.79 Å². The highest BCUT2D eigenvalue weighted by atomic mass is 79.9. The zero-order valence-corrected chi connectivity index (χ0v) is 15.1. The maximum absolute atomic E-state index is 12.7. The van der Waals surface area contributed by atoms with E-state index in [4.69, 9.17) is 11.6 Å². The third-order valence-electron chi connectivity index (χ3n) is 3.04. The maximum Gasteiger partial charge on any atom is 0.234 e. The fourth-order valence-electron chi connectivity index (χ4n) is 2.19. The van der Waals surface area contributed by atoms with E-state index in [0.29, 0.717) is 10.2 Å². The second-order valence-electron chi connectivity index (χ2n) is 5.81. The number of amides is 1. The van der Waals surface area contributed by atoms with Gasteiger partial charge in [-0.15, -0.1) is 0 Å². The van der Waals surface area contributed by atoms with Crippen molar-refractivity contribution in [3.63, 3.8) is 0 Å². The molecule has 21 heavy (non-hydrogen) atoms. The van der Waals surface area contributed by atoms with Crippen molar-refractivity contribution in [1.29, 1.82) is 0 Å². The molecule has 1 amide bonds. The summed E-state index contributed by atoms with van der Waals surface area (Å²) in [5.74, 6) is -0.343. The molecule has 0 aliphatic heterocycles. The van der Waals surface area contributed by atoms with Gasteiger partial charge in [-0.2, -0.15) is 0 Å². The van der Waals surface area contributed by atoms with E-state index in [1.165, 1.54) is 11.3 Å². The molecular weight excluding hydrogens is 372 g/mol. The number of carbonyl (C=O) groups excluding carboxylic acids is 1. The molecule has 0 fully saturated rings. The Kier molecular flexibility index (Phi) is 5.07. The van der Waals surface area contributed by atoms with Crippen molar-refractivity contribution in [3.8, 4) is 0 Å². The second kappa shape index (κ2) is 6.46. The Morgan fingerprint density at radius 2 is 1.95 bits per heavy atom. The van der Waals surface area contributed by atoms with E-state index < -0.39 is 0 Å². The lowest BCUT2D eigenvalue weighted by Gasteiger charge is -2.29. The summed E-state index contributed by atoms with van der Waals surface area (Å²) in [7, 11) is 0. The van der Waals surface area contributed by atoms with Crippen LogP contribution >= 0.6 is 38.9 Å². The van der Waals surface area contributed by atoms with Gasteiger partial charge in [-0.25, -0.2) is 4.98 Å². The van der Waals surface area contributed by atoms with Crippen LogP contribution in [0.2, 0.25) is 5.02 Å². The number of hydrogen-bond acceptors (Lipinski definition) is 3. The summed E-state index contributed by atoms with van der Waals surface area (Å²) >= 11 is 10.7. The number of hydrogen-bond donors (Lipinski definition) is 1. The lowest BCUT2D eigenvalue weighted by Crippen LogP contribution is -2.31. The van der Waals surface area contributed by atoms with Gasteiger partial charge in [0.2, 0.25) is 5.91 Å². The van der Waals surface area contributed by atoms with E-state index >= 15 is 0 Å². The Hall–Kier alpha value is -0.910. The Morgan fingerprint density at radius 1 is 1.33 bits per heavy atom. The maximum atomic E-state index is 12.7. The van der Waals surface area contributed by atoms with Crippen molar-refractivity contribution >= 4 is 49.9 Å². The van der Waals surface area contributed by atoms with Gasteiger partial charge in [0.05, 0.1) is 15.9 Å². The molecule has 0 bridgehead atoms. The lowest BCUT2D eigenvalue weighted by molar-refractivity contribution is -0.119. The number of benzene rings is 1. The predicted molar refractivity (Wildman–Crippen MR) is 92.1 cm³/mol. The summed E-state index contributed by atoms with van der Waals surface area (Å²) in [6.07, 6.45) is 1.68. The van der Waals surface area contributed by atoms with Gasteiger partial charge in [0.25, 0.3) is 0 Å². The van der Waals surface area contributed by atoms with Gasteiger partial charge in [0.1, 0.15) is 0 Å². The number of anilines is 1. The summed E-state index contributed by atoms with van der Waals surface area (Å²) < 4.78 is 0.886. The van der Waals surface area contributed by atoms with Crippen LogP contribution in [-0.4, -0.2) is 10.9 Å². The average Bonchev–Trinajstić information content (AvgIpc) is 2.76. The minimum Gasteiger partial charge on any atom is -0.301 e. The van der Waals surface area contributed by atoms with Crippen LogP contribution in [0.3, 0.4) is 0 Å². The molecular formula is C15H16BrClN2OS. The molecule has 6 heteroatoms. The van der Waals surface area contributed by atoms with E-state index in [-0.39, 0.29) is 17.2 Å². The normalized spacial score (nSPS) is 13.0. The molecule has 1 aromatic heterocycles. The predicted octanol–water partition coefficient (Wildman–Crippen LogP) is 5.33. The molecule has 3 nitrogen and oxygen atoms in total. The highest BCUT2D eigenvalue weighted by molar-refractivity contribution is 9.11. The fraction of sp³-hybridized carbons (Fsp3) is 0.333. The van der Waals surface area contributed by atoms with Gasteiger partial charge in [0, 0.05) is 5.02 Å².